The Bertz CT molecular complexity index is 906. The third-order valence-corrected chi connectivity index (χ3v) is 4.46. The number of hydrogen-bond acceptors (Lipinski definition) is 6. The highest BCUT2D eigenvalue weighted by atomic mass is 16.5. The van der Waals surface area contributed by atoms with Gasteiger partial charge in [0.15, 0.2) is 0 Å². The Hall–Kier alpha value is -2.99. The number of aromatic nitrogens is 3. The normalized spacial score (nSPS) is 15.0. The first-order valence-corrected chi connectivity index (χ1v) is 8.93. The van der Waals surface area contributed by atoms with Crippen LogP contribution in [-0.2, 0) is 4.74 Å². The zero-order chi connectivity index (χ0) is 18.7. The molecule has 27 heavy (non-hydrogen) atoms. The minimum Gasteiger partial charge on any atom is -0.493 e. The van der Waals surface area contributed by atoms with Crippen LogP contribution in [0.2, 0.25) is 0 Å². The molecule has 0 bridgehead atoms. The summed E-state index contributed by atoms with van der Waals surface area (Å²) in [6.45, 7) is 6.31. The zero-order valence-electron chi connectivity index (χ0n) is 15.5. The topological polar surface area (TPSA) is 69.2 Å². The lowest BCUT2D eigenvalue weighted by Gasteiger charge is -2.37. The Kier molecular flexibility index (Phi) is 4.73. The summed E-state index contributed by atoms with van der Waals surface area (Å²) < 4.78 is 11.1. The molecular formula is C21H22N4O2. The summed E-state index contributed by atoms with van der Waals surface area (Å²) in [4.78, 5) is 13.1. The van der Waals surface area contributed by atoms with Crippen LogP contribution in [0.25, 0.3) is 11.3 Å². The van der Waals surface area contributed by atoms with Crippen LogP contribution in [0.5, 0.6) is 5.75 Å². The minimum atomic E-state index is 0.136. The highest BCUT2D eigenvalue weighted by molar-refractivity contribution is 5.62. The maximum atomic E-state index is 5.88. The average molecular weight is 362 g/mol. The molecule has 3 heterocycles. The van der Waals surface area contributed by atoms with Crippen LogP contribution in [0.1, 0.15) is 12.6 Å². The van der Waals surface area contributed by atoms with E-state index in [-0.39, 0.29) is 5.41 Å². The van der Waals surface area contributed by atoms with Gasteiger partial charge in [0.05, 0.1) is 37.4 Å². The van der Waals surface area contributed by atoms with Gasteiger partial charge in [-0.1, -0.05) is 6.92 Å². The van der Waals surface area contributed by atoms with Crippen LogP contribution in [0, 0.1) is 12.3 Å². The highest BCUT2D eigenvalue weighted by Crippen LogP contribution is 2.28. The van der Waals surface area contributed by atoms with Gasteiger partial charge in [0.1, 0.15) is 5.75 Å². The van der Waals surface area contributed by atoms with Crippen LogP contribution in [0.4, 0.5) is 11.6 Å². The van der Waals surface area contributed by atoms with Crippen LogP contribution in [-0.4, -0.2) is 34.8 Å². The fourth-order valence-electron chi connectivity index (χ4n) is 2.76. The number of nitrogens with one attached hydrogen (secondary N) is 1. The van der Waals surface area contributed by atoms with Crippen molar-refractivity contribution in [1.29, 1.82) is 0 Å². The van der Waals surface area contributed by atoms with E-state index >= 15 is 0 Å². The van der Waals surface area contributed by atoms with Crippen molar-refractivity contribution in [3.8, 4) is 17.0 Å². The van der Waals surface area contributed by atoms with Gasteiger partial charge in [-0.3, -0.25) is 4.98 Å². The van der Waals surface area contributed by atoms with Crippen molar-refractivity contribution in [2.45, 2.75) is 13.8 Å². The minimum absolute atomic E-state index is 0.136. The van der Waals surface area contributed by atoms with E-state index in [1.54, 1.807) is 12.4 Å². The van der Waals surface area contributed by atoms with Crippen LogP contribution >= 0.6 is 0 Å². The maximum absolute atomic E-state index is 5.88. The van der Waals surface area contributed by atoms with Gasteiger partial charge in [-0.05, 0) is 49.4 Å². The molecule has 0 aliphatic carbocycles. The number of ether oxygens (including phenoxy) is 2. The number of rotatable bonds is 6. The van der Waals surface area contributed by atoms with E-state index in [1.165, 1.54) is 0 Å². The second-order valence-corrected chi connectivity index (χ2v) is 7.20. The average Bonchev–Trinajstić information content (AvgIpc) is 2.67. The molecule has 1 fully saturated rings. The van der Waals surface area contributed by atoms with E-state index in [1.807, 2.05) is 49.4 Å². The molecule has 0 unspecified atom stereocenters. The number of aryl methyl sites for hydroxylation is 1. The largest absolute Gasteiger partial charge is 0.493 e. The van der Waals surface area contributed by atoms with E-state index in [4.69, 9.17) is 9.47 Å². The summed E-state index contributed by atoms with van der Waals surface area (Å²) in [7, 11) is 0. The first-order valence-electron chi connectivity index (χ1n) is 8.93. The van der Waals surface area contributed by atoms with E-state index in [0.717, 1.165) is 41.6 Å². The van der Waals surface area contributed by atoms with Crippen molar-refractivity contribution in [1.82, 2.24) is 15.0 Å². The van der Waals surface area contributed by atoms with Crippen LogP contribution < -0.4 is 10.1 Å². The molecule has 0 radical (unpaired) electrons. The fraction of sp³-hybridized carbons (Fsp3) is 0.286. The molecular weight excluding hydrogens is 340 g/mol. The lowest BCUT2D eigenvalue weighted by Crippen LogP contribution is -2.44. The SMILES string of the molecule is Cc1ccc(Nc2nccc(-c3ccc(OCC4(C)COC4)cc3)n2)cn1. The summed E-state index contributed by atoms with van der Waals surface area (Å²) in [5.74, 6) is 1.39. The first kappa shape index (κ1) is 17.4. The van der Waals surface area contributed by atoms with E-state index < -0.39 is 0 Å². The van der Waals surface area contributed by atoms with Gasteiger partial charge in [-0.2, -0.15) is 0 Å². The maximum Gasteiger partial charge on any atom is 0.227 e. The van der Waals surface area contributed by atoms with Gasteiger partial charge < -0.3 is 14.8 Å². The predicted molar refractivity (Wildman–Crippen MR) is 104 cm³/mol. The molecule has 0 saturated carbocycles. The van der Waals surface area contributed by atoms with Crippen molar-refractivity contribution in [2.24, 2.45) is 5.41 Å². The number of benzene rings is 1. The van der Waals surface area contributed by atoms with Gasteiger partial charge in [-0.25, -0.2) is 9.97 Å². The quantitative estimate of drug-likeness (QED) is 0.715. The molecule has 0 spiro atoms. The van der Waals surface area contributed by atoms with Crippen molar-refractivity contribution in [2.75, 3.05) is 25.1 Å². The highest BCUT2D eigenvalue weighted by Gasteiger charge is 2.34. The number of hydrogen-bond donors (Lipinski definition) is 1. The first-order chi connectivity index (χ1) is 13.1. The molecule has 4 rings (SSSR count). The van der Waals surface area contributed by atoms with Gasteiger partial charge >= 0.3 is 0 Å². The molecule has 0 atom stereocenters. The van der Waals surface area contributed by atoms with Gasteiger partial charge in [0.25, 0.3) is 0 Å². The van der Waals surface area contributed by atoms with E-state index in [9.17, 15) is 0 Å². The van der Waals surface area contributed by atoms with Gasteiger partial charge in [0.2, 0.25) is 5.95 Å². The summed E-state index contributed by atoms with van der Waals surface area (Å²) >= 11 is 0. The van der Waals surface area contributed by atoms with Gasteiger partial charge in [-0.15, -0.1) is 0 Å². The lowest BCUT2D eigenvalue weighted by molar-refractivity contribution is -0.120. The summed E-state index contributed by atoms with van der Waals surface area (Å²) in [6, 6.07) is 13.7. The second kappa shape index (κ2) is 7.32. The molecule has 1 aromatic carbocycles. The summed E-state index contributed by atoms with van der Waals surface area (Å²) in [5.41, 5.74) is 3.81. The molecule has 3 aromatic rings. The molecule has 6 heteroatoms. The lowest BCUT2D eigenvalue weighted by atomic mass is 9.90. The zero-order valence-corrected chi connectivity index (χ0v) is 15.5. The Morgan fingerprint density at radius 1 is 1.07 bits per heavy atom. The van der Waals surface area contributed by atoms with E-state index in [0.29, 0.717) is 12.6 Å². The smallest absolute Gasteiger partial charge is 0.227 e. The third kappa shape index (κ3) is 4.23. The number of pyridine rings is 1. The number of anilines is 2. The van der Waals surface area contributed by atoms with Crippen LogP contribution in [0.15, 0.2) is 54.9 Å². The molecule has 2 aromatic heterocycles. The van der Waals surface area contributed by atoms with Crippen molar-refractivity contribution in [3.63, 3.8) is 0 Å². The predicted octanol–water partition coefficient (Wildman–Crippen LogP) is 4.01. The molecule has 0 amide bonds. The molecule has 6 nitrogen and oxygen atoms in total. The van der Waals surface area contributed by atoms with Gasteiger partial charge in [0, 0.05) is 22.9 Å². The standard InChI is InChI=1S/C21H22N4O2/c1-15-3-6-17(11-23-15)24-20-22-10-9-19(25-20)16-4-7-18(8-5-16)27-14-21(2)12-26-13-21/h3-11H,12-14H2,1-2H3,(H,22,24,25). The summed E-state index contributed by atoms with van der Waals surface area (Å²) in [6.07, 6.45) is 3.51. The Balaban J connectivity index is 1.44. The van der Waals surface area contributed by atoms with Crippen molar-refractivity contribution < 1.29 is 9.47 Å². The molecule has 1 N–H and O–H groups in total. The fourth-order valence-corrected chi connectivity index (χ4v) is 2.76. The van der Waals surface area contributed by atoms with Crippen molar-refractivity contribution >= 4 is 11.6 Å². The molecule has 138 valence electrons. The Morgan fingerprint density at radius 2 is 1.89 bits per heavy atom. The van der Waals surface area contributed by atoms with E-state index in [2.05, 4.69) is 27.2 Å². The second-order valence-electron chi connectivity index (χ2n) is 7.20. The van der Waals surface area contributed by atoms with Crippen molar-refractivity contribution in [3.05, 3.63) is 60.6 Å². The Morgan fingerprint density at radius 3 is 2.56 bits per heavy atom. The monoisotopic (exact) mass is 362 g/mol. The Labute approximate surface area is 158 Å². The number of nitrogens with zero attached hydrogens (tertiary/aromatic N) is 3. The molecule has 1 aliphatic heterocycles. The van der Waals surface area contributed by atoms with Crippen LogP contribution in [0.3, 0.4) is 0 Å². The third-order valence-electron chi connectivity index (χ3n) is 4.46. The molecule has 1 saturated heterocycles. The molecule has 1 aliphatic rings. The summed E-state index contributed by atoms with van der Waals surface area (Å²) in [5, 5.41) is 3.18.